The number of carbonyl (C=O) groups excluding carboxylic acids is 1. The van der Waals surface area contributed by atoms with E-state index in [-0.39, 0.29) is 28.7 Å². The zero-order valence-electron chi connectivity index (χ0n) is 13.1. The summed E-state index contributed by atoms with van der Waals surface area (Å²) in [6.07, 6.45) is 0. The van der Waals surface area contributed by atoms with E-state index in [2.05, 4.69) is 4.99 Å². The van der Waals surface area contributed by atoms with Gasteiger partial charge in [-0.15, -0.1) is 0 Å². The highest BCUT2D eigenvalue weighted by Crippen LogP contribution is 2.44. The van der Waals surface area contributed by atoms with Gasteiger partial charge in [0.25, 0.3) is 0 Å². The molecule has 1 aromatic rings. The van der Waals surface area contributed by atoms with Crippen LogP contribution in [0.4, 0.5) is 5.69 Å². The molecule has 3 rings (SSSR count). The number of benzene rings is 1. The molecule has 2 atom stereocenters. The normalized spacial score (nSPS) is 27.3. The quantitative estimate of drug-likeness (QED) is 0.803. The zero-order valence-corrected chi connectivity index (χ0v) is 14.8. The second kappa shape index (κ2) is 5.83. The summed E-state index contributed by atoms with van der Waals surface area (Å²) in [7, 11) is -1.50. The van der Waals surface area contributed by atoms with Gasteiger partial charge in [-0.1, -0.05) is 17.8 Å². The van der Waals surface area contributed by atoms with Crippen molar-refractivity contribution in [2.45, 2.75) is 25.1 Å². The second-order valence-electron chi connectivity index (χ2n) is 5.76. The molecule has 0 aliphatic carbocycles. The molecule has 124 valence electrons. The molecular formula is C15H18N2O4S2. The lowest BCUT2D eigenvalue weighted by Crippen LogP contribution is -2.38. The van der Waals surface area contributed by atoms with Crippen LogP contribution in [0.2, 0.25) is 0 Å². The van der Waals surface area contributed by atoms with Gasteiger partial charge < -0.3 is 9.64 Å². The molecule has 0 spiro atoms. The predicted octanol–water partition coefficient (Wildman–Crippen LogP) is 1.62. The minimum absolute atomic E-state index is 0.0681. The van der Waals surface area contributed by atoms with Gasteiger partial charge in [0.2, 0.25) is 5.91 Å². The molecule has 2 heterocycles. The van der Waals surface area contributed by atoms with Gasteiger partial charge in [-0.3, -0.25) is 4.79 Å². The number of carbonyl (C=O) groups is 1. The van der Waals surface area contributed by atoms with E-state index in [0.717, 1.165) is 11.3 Å². The van der Waals surface area contributed by atoms with E-state index in [4.69, 9.17) is 4.74 Å². The van der Waals surface area contributed by atoms with E-state index < -0.39 is 9.84 Å². The molecule has 1 aromatic carbocycles. The molecule has 6 nitrogen and oxygen atoms in total. The number of ether oxygens (including phenoxy) is 1. The summed E-state index contributed by atoms with van der Waals surface area (Å²) < 4.78 is 29.4. The average Bonchev–Trinajstić information content (AvgIpc) is 2.88. The van der Waals surface area contributed by atoms with Gasteiger partial charge in [0.05, 0.1) is 30.3 Å². The second-order valence-corrected chi connectivity index (χ2v) is 9.12. The Balaban J connectivity index is 2.12. The number of rotatable bonds is 2. The van der Waals surface area contributed by atoms with Gasteiger partial charge in [-0.2, -0.15) is 4.99 Å². The maximum Gasteiger partial charge on any atom is 0.244 e. The van der Waals surface area contributed by atoms with E-state index >= 15 is 0 Å². The molecule has 2 fully saturated rings. The largest absolute Gasteiger partial charge is 0.495 e. The lowest BCUT2D eigenvalue weighted by molar-refractivity contribution is -0.115. The van der Waals surface area contributed by atoms with E-state index in [0.29, 0.717) is 10.9 Å². The number of aryl methyl sites for hydroxylation is 1. The third-order valence-corrected chi connectivity index (χ3v) is 7.12. The minimum Gasteiger partial charge on any atom is -0.495 e. The summed E-state index contributed by atoms with van der Waals surface area (Å²) in [6, 6.07) is 5.48. The maximum atomic E-state index is 12.0. The third-order valence-electron chi connectivity index (χ3n) is 3.91. The monoisotopic (exact) mass is 354 g/mol. The van der Waals surface area contributed by atoms with Crippen molar-refractivity contribution in [3.63, 3.8) is 0 Å². The number of thioether (sulfide) groups is 1. The van der Waals surface area contributed by atoms with Gasteiger partial charge in [0, 0.05) is 12.2 Å². The number of aliphatic imine (C=N–C) groups is 1. The third kappa shape index (κ3) is 3.10. The molecular weight excluding hydrogens is 336 g/mol. The smallest absolute Gasteiger partial charge is 0.244 e. The van der Waals surface area contributed by atoms with Crippen LogP contribution >= 0.6 is 11.8 Å². The summed E-state index contributed by atoms with van der Waals surface area (Å²) in [5.74, 6) is 0.520. The Morgan fingerprint density at radius 2 is 2.13 bits per heavy atom. The fraction of sp³-hybridized carbons (Fsp3) is 0.467. The first-order chi connectivity index (χ1) is 10.8. The van der Waals surface area contributed by atoms with Crippen molar-refractivity contribution in [3.8, 4) is 5.75 Å². The molecule has 0 unspecified atom stereocenters. The van der Waals surface area contributed by atoms with Crippen molar-refractivity contribution in [1.82, 2.24) is 0 Å². The van der Waals surface area contributed by atoms with Crippen LogP contribution < -0.4 is 9.64 Å². The van der Waals surface area contributed by atoms with Crippen molar-refractivity contribution >= 4 is 38.4 Å². The Kier molecular flexibility index (Phi) is 4.14. The Morgan fingerprint density at radius 3 is 2.78 bits per heavy atom. The molecule has 0 aromatic heterocycles. The van der Waals surface area contributed by atoms with Crippen LogP contribution in [0.25, 0.3) is 0 Å². The molecule has 1 amide bonds. The molecule has 0 bridgehead atoms. The van der Waals surface area contributed by atoms with E-state index in [1.807, 2.05) is 30.0 Å². The molecule has 0 saturated carbocycles. The highest BCUT2D eigenvalue weighted by Gasteiger charge is 2.49. The lowest BCUT2D eigenvalue weighted by Gasteiger charge is -2.26. The van der Waals surface area contributed by atoms with Crippen LogP contribution in [0.15, 0.2) is 23.2 Å². The van der Waals surface area contributed by atoms with Crippen LogP contribution in [-0.2, 0) is 14.6 Å². The minimum atomic E-state index is -3.07. The zero-order chi connectivity index (χ0) is 16.8. The number of hydrogen-bond acceptors (Lipinski definition) is 5. The van der Waals surface area contributed by atoms with Crippen LogP contribution in [-0.4, -0.2) is 49.4 Å². The summed E-state index contributed by atoms with van der Waals surface area (Å²) in [6.45, 7) is 3.35. The number of methoxy groups -OCH3 is 1. The maximum absolute atomic E-state index is 12.0. The number of amidine groups is 1. The van der Waals surface area contributed by atoms with Gasteiger partial charge >= 0.3 is 0 Å². The standard InChI is InChI=1S/C15H18N2O4S2/c1-9-4-5-13(21-3)11(6-9)17-12-7-23(19,20)8-14(12)22-15(17)16-10(2)18/h4-6,12,14H,7-8H2,1-3H3/t12-,14-/m0/s1. The van der Waals surface area contributed by atoms with E-state index in [9.17, 15) is 13.2 Å². The first-order valence-electron chi connectivity index (χ1n) is 7.21. The fourth-order valence-electron chi connectivity index (χ4n) is 2.97. The van der Waals surface area contributed by atoms with Crippen molar-refractivity contribution in [2.75, 3.05) is 23.5 Å². The molecule has 0 radical (unpaired) electrons. The summed E-state index contributed by atoms with van der Waals surface area (Å²) >= 11 is 1.36. The Labute approximate surface area is 139 Å². The fourth-order valence-corrected chi connectivity index (χ4v) is 6.92. The summed E-state index contributed by atoms with van der Waals surface area (Å²) in [5.41, 5.74) is 1.78. The summed E-state index contributed by atoms with van der Waals surface area (Å²) in [5, 5.41) is 0.439. The number of anilines is 1. The van der Waals surface area contributed by atoms with Crippen LogP contribution in [0, 0.1) is 6.92 Å². The Bertz CT molecular complexity index is 789. The van der Waals surface area contributed by atoms with Gasteiger partial charge in [0.1, 0.15) is 5.75 Å². The van der Waals surface area contributed by atoms with E-state index in [1.165, 1.54) is 18.7 Å². The number of sulfone groups is 1. The lowest BCUT2D eigenvalue weighted by atomic mass is 10.1. The molecule has 2 aliphatic heterocycles. The van der Waals surface area contributed by atoms with Crippen LogP contribution in [0.3, 0.4) is 0 Å². The highest BCUT2D eigenvalue weighted by molar-refractivity contribution is 8.16. The van der Waals surface area contributed by atoms with Crippen LogP contribution in [0.1, 0.15) is 12.5 Å². The van der Waals surface area contributed by atoms with Crippen LogP contribution in [0.5, 0.6) is 5.75 Å². The average molecular weight is 354 g/mol. The SMILES string of the molecule is COc1ccc(C)cc1N1C(=NC(C)=O)S[C@H]2CS(=O)(=O)C[C@@H]21. The highest BCUT2D eigenvalue weighted by atomic mass is 32.2. The number of nitrogens with zero attached hydrogens (tertiary/aromatic N) is 2. The predicted molar refractivity (Wildman–Crippen MR) is 92.1 cm³/mol. The first kappa shape index (κ1) is 16.3. The summed E-state index contributed by atoms with van der Waals surface area (Å²) in [4.78, 5) is 17.4. The van der Waals surface area contributed by atoms with Gasteiger partial charge in [-0.05, 0) is 24.6 Å². The molecule has 2 aliphatic rings. The first-order valence-corrected chi connectivity index (χ1v) is 9.91. The number of hydrogen-bond donors (Lipinski definition) is 0. The molecule has 0 N–H and O–H groups in total. The number of amides is 1. The Hall–Kier alpha value is -1.54. The van der Waals surface area contributed by atoms with Crippen molar-refractivity contribution in [1.29, 1.82) is 0 Å². The van der Waals surface area contributed by atoms with Crippen molar-refractivity contribution in [3.05, 3.63) is 23.8 Å². The van der Waals surface area contributed by atoms with Crippen molar-refractivity contribution in [2.24, 2.45) is 4.99 Å². The van der Waals surface area contributed by atoms with Gasteiger partial charge in [0.15, 0.2) is 15.0 Å². The van der Waals surface area contributed by atoms with Gasteiger partial charge in [-0.25, -0.2) is 8.42 Å². The molecule has 23 heavy (non-hydrogen) atoms. The molecule has 8 heteroatoms. The topological polar surface area (TPSA) is 76.0 Å². The Morgan fingerprint density at radius 1 is 1.39 bits per heavy atom. The van der Waals surface area contributed by atoms with E-state index in [1.54, 1.807) is 7.11 Å². The number of fused-ring (bicyclic) bond motifs is 1. The van der Waals surface area contributed by atoms with Crippen molar-refractivity contribution < 1.29 is 17.9 Å². The molecule has 2 saturated heterocycles.